The lowest BCUT2D eigenvalue weighted by Gasteiger charge is -2.27. The summed E-state index contributed by atoms with van der Waals surface area (Å²) >= 11 is 0. The fraction of sp³-hybridized carbons (Fsp3) is 0.733. The van der Waals surface area contributed by atoms with Gasteiger partial charge >= 0.3 is 0 Å². The van der Waals surface area contributed by atoms with Crippen molar-refractivity contribution < 1.29 is 4.74 Å². The summed E-state index contributed by atoms with van der Waals surface area (Å²) in [4.78, 5) is 13.6. The lowest BCUT2D eigenvalue weighted by atomic mass is 10.1. The van der Waals surface area contributed by atoms with Crippen molar-refractivity contribution in [2.75, 3.05) is 44.8 Å². The normalized spacial score (nSPS) is 25.9. The van der Waals surface area contributed by atoms with E-state index < -0.39 is 0 Å². The average molecular weight is 306 g/mol. The van der Waals surface area contributed by atoms with E-state index in [2.05, 4.69) is 39.6 Å². The maximum absolute atomic E-state index is 5.38. The number of nitrogens with one attached hydrogen (secondary N) is 2. The Kier molecular flexibility index (Phi) is 5.20. The van der Waals surface area contributed by atoms with Gasteiger partial charge in [0.25, 0.3) is 0 Å². The molecule has 2 aliphatic heterocycles. The molecule has 122 valence electrons. The Hall–Kier alpha value is -1.28. The quantitative estimate of drug-likeness (QED) is 0.794. The summed E-state index contributed by atoms with van der Waals surface area (Å²) in [5, 5.41) is 0. The van der Waals surface area contributed by atoms with E-state index in [9.17, 15) is 0 Å². The molecule has 3 rings (SSSR count). The van der Waals surface area contributed by atoms with Gasteiger partial charge in [0.1, 0.15) is 0 Å². The molecule has 1 aromatic rings. The number of rotatable bonds is 5. The van der Waals surface area contributed by atoms with Crippen molar-refractivity contribution in [3.63, 3.8) is 0 Å². The zero-order chi connectivity index (χ0) is 15.4. The summed E-state index contributed by atoms with van der Waals surface area (Å²) in [6, 6.07) is 3.05. The first-order chi connectivity index (χ1) is 10.7. The highest BCUT2D eigenvalue weighted by molar-refractivity contribution is 5.30. The number of hydrogen-bond donors (Lipinski definition) is 2. The Balaban J connectivity index is 1.55. The van der Waals surface area contributed by atoms with Crippen molar-refractivity contribution in [3.05, 3.63) is 18.0 Å². The van der Waals surface area contributed by atoms with Crippen LogP contribution in [-0.2, 0) is 11.3 Å². The molecule has 0 bridgehead atoms. The zero-order valence-electron chi connectivity index (χ0n) is 13.5. The van der Waals surface area contributed by atoms with Crippen LogP contribution in [0, 0.1) is 0 Å². The number of aromatic nitrogens is 2. The first-order valence-electron chi connectivity index (χ1n) is 8.05. The van der Waals surface area contributed by atoms with E-state index >= 15 is 0 Å². The monoisotopic (exact) mass is 306 g/mol. The van der Waals surface area contributed by atoms with Gasteiger partial charge in [-0.05, 0) is 26.5 Å². The highest BCUT2D eigenvalue weighted by atomic mass is 16.5. The van der Waals surface area contributed by atoms with Gasteiger partial charge in [0.2, 0.25) is 5.95 Å². The first kappa shape index (κ1) is 15.6. The molecule has 0 spiro atoms. The Bertz CT molecular complexity index is 479. The minimum Gasteiger partial charge on any atom is -0.378 e. The van der Waals surface area contributed by atoms with E-state index in [-0.39, 0.29) is 0 Å². The molecule has 2 atom stereocenters. The third kappa shape index (κ3) is 4.13. The highest BCUT2D eigenvalue weighted by Crippen LogP contribution is 2.12. The van der Waals surface area contributed by atoms with E-state index in [1.165, 1.54) is 0 Å². The van der Waals surface area contributed by atoms with E-state index in [4.69, 9.17) is 9.72 Å². The van der Waals surface area contributed by atoms with Crippen LogP contribution in [0.5, 0.6) is 0 Å². The number of hydrazine groups is 1. The van der Waals surface area contributed by atoms with Crippen LogP contribution in [0.2, 0.25) is 0 Å². The summed E-state index contributed by atoms with van der Waals surface area (Å²) in [7, 11) is 2.14. The predicted octanol–water partition coefficient (Wildman–Crippen LogP) is 0.00000000000000255. The molecule has 1 aromatic heterocycles. The molecule has 0 aliphatic carbocycles. The van der Waals surface area contributed by atoms with Crippen molar-refractivity contribution in [3.8, 4) is 0 Å². The molecule has 22 heavy (non-hydrogen) atoms. The molecule has 7 nitrogen and oxygen atoms in total. The molecule has 7 heteroatoms. The molecular weight excluding hydrogens is 280 g/mol. The van der Waals surface area contributed by atoms with E-state index in [1.807, 2.05) is 12.3 Å². The molecular formula is C15H26N6O. The fourth-order valence-electron chi connectivity index (χ4n) is 3.03. The molecule has 0 saturated carbocycles. The summed E-state index contributed by atoms with van der Waals surface area (Å²) in [5.41, 5.74) is 7.68. The lowest BCUT2D eigenvalue weighted by molar-refractivity contribution is 0.122. The maximum atomic E-state index is 5.38. The van der Waals surface area contributed by atoms with Crippen LogP contribution in [0.3, 0.4) is 0 Å². The Labute approximate surface area is 132 Å². The van der Waals surface area contributed by atoms with Gasteiger partial charge in [0, 0.05) is 44.5 Å². The second kappa shape index (κ2) is 7.32. The highest BCUT2D eigenvalue weighted by Gasteiger charge is 2.21. The number of ether oxygens (including phenoxy) is 1. The molecule has 2 N–H and O–H groups in total. The fourth-order valence-corrected chi connectivity index (χ4v) is 3.03. The third-order valence-corrected chi connectivity index (χ3v) is 4.13. The van der Waals surface area contributed by atoms with Gasteiger partial charge in [0.05, 0.1) is 18.9 Å². The van der Waals surface area contributed by atoms with Gasteiger partial charge in [-0.2, -0.15) is 0 Å². The number of nitrogens with zero attached hydrogens (tertiary/aromatic N) is 4. The van der Waals surface area contributed by atoms with Crippen LogP contribution >= 0.6 is 0 Å². The van der Waals surface area contributed by atoms with Crippen molar-refractivity contribution in [1.82, 2.24) is 25.7 Å². The second-order valence-electron chi connectivity index (χ2n) is 6.27. The van der Waals surface area contributed by atoms with Gasteiger partial charge in [-0.3, -0.25) is 15.8 Å². The number of morpholine rings is 1. The van der Waals surface area contributed by atoms with E-state index in [0.29, 0.717) is 12.1 Å². The van der Waals surface area contributed by atoms with E-state index in [1.54, 1.807) is 0 Å². The van der Waals surface area contributed by atoms with Crippen LogP contribution in [0.1, 0.15) is 19.0 Å². The maximum Gasteiger partial charge on any atom is 0.225 e. The number of hydrogen-bond acceptors (Lipinski definition) is 7. The van der Waals surface area contributed by atoms with Gasteiger partial charge in [-0.25, -0.2) is 9.97 Å². The summed E-state index contributed by atoms with van der Waals surface area (Å²) in [5.74, 6) is 0.823. The van der Waals surface area contributed by atoms with Gasteiger partial charge in [-0.1, -0.05) is 0 Å². The van der Waals surface area contributed by atoms with Gasteiger partial charge in [-0.15, -0.1) is 0 Å². The first-order valence-corrected chi connectivity index (χ1v) is 8.05. The molecule has 3 heterocycles. The van der Waals surface area contributed by atoms with Gasteiger partial charge in [0.15, 0.2) is 0 Å². The predicted molar refractivity (Wildman–Crippen MR) is 85.5 cm³/mol. The van der Waals surface area contributed by atoms with Gasteiger partial charge < -0.3 is 9.64 Å². The molecule has 0 radical (unpaired) electrons. The third-order valence-electron chi connectivity index (χ3n) is 4.13. The number of likely N-dealkylation sites (N-methyl/N-ethyl adjacent to an activating group) is 1. The Morgan fingerprint density at radius 3 is 2.91 bits per heavy atom. The van der Waals surface area contributed by atoms with Crippen molar-refractivity contribution in [1.29, 1.82) is 0 Å². The smallest absolute Gasteiger partial charge is 0.225 e. The Morgan fingerprint density at radius 1 is 1.36 bits per heavy atom. The summed E-state index contributed by atoms with van der Waals surface area (Å²) in [6.07, 6.45) is 3.02. The summed E-state index contributed by atoms with van der Waals surface area (Å²) in [6.45, 7) is 7.30. The minimum absolute atomic E-state index is 0.501. The van der Waals surface area contributed by atoms with Crippen LogP contribution in [-0.4, -0.2) is 66.8 Å². The summed E-state index contributed by atoms with van der Waals surface area (Å²) < 4.78 is 5.38. The van der Waals surface area contributed by atoms with Crippen LogP contribution in [0.25, 0.3) is 0 Å². The van der Waals surface area contributed by atoms with Crippen molar-refractivity contribution >= 4 is 5.95 Å². The second-order valence-corrected chi connectivity index (χ2v) is 6.27. The molecule has 2 saturated heterocycles. The number of anilines is 1. The molecule has 2 aliphatic rings. The molecule has 0 amide bonds. The zero-order valence-corrected chi connectivity index (χ0v) is 13.5. The van der Waals surface area contributed by atoms with Crippen molar-refractivity contribution in [2.24, 2.45) is 0 Å². The average Bonchev–Trinajstić information content (AvgIpc) is 2.93. The van der Waals surface area contributed by atoms with E-state index in [0.717, 1.165) is 57.5 Å². The largest absolute Gasteiger partial charge is 0.378 e. The Morgan fingerprint density at radius 2 is 2.18 bits per heavy atom. The minimum atomic E-state index is 0.501. The molecule has 2 unspecified atom stereocenters. The lowest BCUT2D eigenvalue weighted by Crippen LogP contribution is -2.39. The van der Waals surface area contributed by atoms with Crippen LogP contribution in [0.4, 0.5) is 5.95 Å². The molecule has 2 fully saturated rings. The van der Waals surface area contributed by atoms with Crippen LogP contribution < -0.4 is 15.8 Å². The molecule has 0 aromatic carbocycles. The topological polar surface area (TPSA) is 65.6 Å². The standard InChI is InChI=1S/C15H26N6O/c1-12-9-14(19-18-12)11-20(2)10-13-3-4-16-15(17-13)21-5-7-22-8-6-21/h3-4,12,14,18-19H,5-11H2,1-2H3. The SMILES string of the molecule is CC1CC(CN(C)Cc2ccnc(N3CCOCC3)n2)NN1. The van der Waals surface area contributed by atoms with Crippen LogP contribution in [0.15, 0.2) is 12.3 Å². The van der Waals surface area contributed by atoms with Crippen molar-refractivity contribution in [2.45, 2.75) is 32.0 Å².